The maximum atomic E-state index is 14.0. The van der Waals surface area contributed by atoms with E-state index in [1.807, 2.05) is 13.0 Å². The van der Waals surface area contributed by atoms with Crippen LogP contribution in [0.15, 0.2) is 66.7 Å². The molecule has 3 rings (SSSR count). The summed E-state index contributed by atoms with van der Waals surface area (Å²) >= 11 is 5.38. The van der Waals surface area contributed by atoms with Gasteiger partial charge in [-0.1, -0.05) is 24.3 Å². The highest BCUT2D eigenvalue weighted by Crippen LogP contribution is 2.29. The third-order valence-electron chi connectivity index (χ3n) is 4.80. The number of nitriles is 1. The highest BCUT2D eigenvalue weighted by atomic mass is 32.1. The standard InChI is InChI=1S/C25H22F2N4O2S/c1-16(17-7-9-18(26)10-8-17)29-25(34)30-19-11-12-22(23(15-19)33-14-4-13-28)31-24(32)20-5-2-3-6-21(20)27/h2-3,5-12,15-16H,4,14H2,1H3,(H,31,32)(H2,29,30,34). The van der Waals surface area contributed by atoms with Crippen LogP contribution in [0.3, 0.4) is 0 Å². The summed E-state index contributed by atoms with van der Waals surface area (Å²) in [7, 11) is 0. The smallest absolute Gasteiger partial charge is 0.258 e. The summed E-state index contributed by atoms with van der Waals surface area (Å²) < 4.78 is 32.8. The number of benzene rings is 3. The molecule has 0 aliphatic carbocycles. The lowest BCUT2D eigenvalue weighted by molar-refractivity contribution is 0.102. The minimum absolute atomic E-state index is 0.104. The summed E-state index contributed by atoms with van der Waals surface area (Å²) in [5, 5.41) is 17.9. The Bertz CT molecular complexity index is 1210. The van der Waals surface area contributed by atoms with Crippen molar-refractivity contribution in [3.8, 4) is 11.8 Å². The molecule has 0 aliphatic heterocycles. The van der Waals surface area contributed by atoms with Gasteiger partial charge < -0.3 is 20.7 Å². The van der Waals surface area contributed by atoms with Crippen molar-refractivity contribution < 1.29 is 18.3 Å². The van der Waals surface area contributed by atoms with Crippen molar-refractivity contribution in [1.82, 2.24) is 5.32 Å². The number of halogens is 2. The van der Waals surface area contributed by atoms with Crippen LogP contribution in [0, 0.1) is 23.0 Å². The van der Waals surface area contributed by atoms with Gasteiger partial charge in [0.15, 0.2) is 5.11 Å². The molecule has 0 saturated carbocycles. The number of carbonyl (C=O) groups excluding carboxylic acids is 1. The fourth-order valence-corrected chi connectivity index (χ4v) is 3.36. The highest BCUT2D eigenvalue weighted by Gasteiger charge is 2.15. The molecule has 34 heavy (non-hydrogen) atoms. The third kappa shape index (κ3) is 6.73. The van der Waals surface area contributed by atoms with Crippen molar-refractivity contribution in [1.29, 1.82) is 5.26 Å². The number of hydrogen-bond acceptors (Lipinski definition) is 4. The molecule has 3 aromatic carbocycles. The van der Waals surface area contributed by atoms with E-state index in [1.54, 1.807) is 36.4 Å². The van der Waals surface area contributed by atoms with E-state index in [-0.39, 0.29) is 30.5 Å². The van der Waals surface area contributed by atoms with Crippen LogP contribution >= 0.6 is 12.2 Å². The Morgan fingerprint density at radius 2 is 1.82 bits per heavy atom. The Labute approximate surface area is 201 Å². The van der Waals surface area contributed by atoms with E-state index in [0.29, 0.717) is 22.2 Å². The lowest BCUT2D eigenvalue weighted by Gasteiger charge is -2.19. The summed E-state index contributed by atoms with van der Waals surface area (Å²) in [6.45, 7) is 1.99. The predicted molar refractivity (Wildman–Crippen MR) is 131 cm³/mol. The lowest BCUT2D eigenvalue weighted by Crippen LogP contribution is -2.30. The van der Waals surface area contributed by atoms with Crippen molar-refractivity contribution in [2.24, 2.45) is 0 Å². The van der Waals surface area contributed by atoms with Crippen molar-refractivity contribution in [3.63, 3.8) is 0 Å². The van der Waals surface area contributed by atoms with E-state index < -0.39 is 11.7 Å². The van der Waals surface area contributed by atoms with Crippen LogP contribution in [0.5, 0.6) is 5.75 Å². The van der Waals surface area contributed by atoms with E-state index >= 15 is 0 Å². The predicted octanol–water partition coefficient (Wildman–Crippen LogP) is 5.56. The largest absolute Gasteiger partial charge is 0.490 e. The molecular weight excluding hydrogens is 458 g/mol. The summed E-state index contributed by atoms with van der Waals surface area (Å²) in [6, 6.07) is 18.4. The van der Waals surface area contributed by atoms with Crippen molar-refractivity contribution in [2.45, 2.75) is 19.4 Å². The number of carbonyl (C=O) groups is 1. The van der Waals surface area contributed by atoms with Gasteiger partial charge in [0, 0.05) is 11.8 Å². The second-order valence-electron chi connectivity index (χ2n) is 7.27. The zero-order valence-electron chi connectivity index (χ0n) is 18.3. The maximum Gasteiger partial charge on any atom is 0.258 e. The average molecular weight is 481 g/mol. The molecule has 1 atom stereocenters. The van der Waals surface area contributed by atoms with Crippen LogP contribution in [-0.4, -0.2) is 17.6 Å². The molecule has 1 amide bonds. The third-order valence-corrected chi connectivity index (χ3v) is 5.02. The van der Waals surface area contributed by atoms with E-state index in [0.717, 1.165) is 5.56 Å². The molecule has 1 unspecified atom stereocenters. The first-order valence-electron chi connectivity index (χ1n) is 10.4. The van der Waals surface area contributed by atoms with Gasteiger partial charge in [-0.3, -0.25) is 4.79 Å². The minimum atomic E-state index is -0.642. The molecule has 9 heteroatoms. The average Bonchev–Trinajstić information content (AvgIpc) is 2.81. The SMILES string of the molecule is CC(NC(=S)Nc1ccc(NC(=O)c2ccccc2F)c(OCCC#N)c1)c1ccc(F)cc1. The van der Waals surface area contributed by atoms with E-state index in [4.69, 9.17) is 22.2 Å². The van der Waals surface area contributed by atoms with Gasteiger partial charge in [0.05, 0.1) is 29.8 Å². The molecule has 0 aromatic heterocycles. The minimum Gasteiger partial charge on any atom is -0.490 e. The Morgan fingerprint density at radius 1 is 1.09 bits per heavy atom. The van der Waals surface area contributed by atoms with Gasteiger partial charge in [0.1, 0.15) is 24.0 Å². The van der Waals surface area contributed by atoms with Gasteiger partial charge in [0.25, 0.3) is 5.91 Å². The van der Waals surface area contributed by atoms with Crippen molar-refractivity contribution in [3.05, 3.63) is 89.5 Å². The fraction of sp³-hybridized carbons (Fsp3) is 0.160. The number of ether oxygens (including phenoxy) is 1. The molecule has 6 nitrogen and oxygen atoms in total. The van der Waals surface area contributed by atoms with Gasteiger partial charge in [-0.25, -0.2) is 8.78 Å². The molecule has 0 fully saturated rings. The van der Waals surface area contributed by atoms with E-state index in [2.05, 4.69) is 16.0 Å². The second-order valence-corrected chi connectivity index (χ2v) is 7.68. The van der Waals surface area contributed by atoms with Gasteiger partial charge in [-0.05, 0) is 61.1 Å². The van der Waals surface area contributed by atoms with Crippen LogP contribution in [0.1, 0.15) is 35.3 Å². The van der Waals surface area contributed by atoms with Gasteiger partial charge in [-0.15, -0.1) is 0 Å². The fourth-order valence-electron chi connectivity index (χ4n) is 3.06. The Balaban J connectivity index is 1.72. The van der Waals surface area contributed by atoms with E-state index in [9.17, 15) is 13.6 Å². The number of anilines is 2. The molecule has 3 N–H and O–H groups in total. The molecule has 0 spiro atoms. The molecule has 174 valence electrons. The van der Waals surface area contributed by atoms with Crippen molar-refractivity contribution in [2.75, 3.05) is 17.2 Å². The maximum absolute atomic E-state index is 14.0. The molecular formula is C25H22F2N4O2S. The Morgan fingerprint density at radius 3 is 2.53 bits per heavy atom. The molecule has 0 radical (unpaired) electrons. The highest BCUT2D eigenvalue weighted by molar-refractivity contribution is 7.80. The number of rotatable bonds is 8. The van der Waals surface area contributed by atoms with Gasteiger partial charge in [0.2, 0.25) is 0 Å². The lowest BCUT2D eigenvalue weighted by atomic mass is 10.1. The summed E-state index contributed by atoms with van der Waals surface area (Å²) in [5.74, 6) is -1.30. The van der Waals surface area contributed by atoms with Crippen LogP contribution < -0.4 is 20.7 Å². The van der Waals surface area contributed by atoms with Crippen LogP contribution in [0.25, 0.3) is 0 Å². The molecule has 0 aliphatic rings. The summed E-state index contributed by atoms with van der Waals surface area (Å²) in [5.41, 5.74) is 1.64. The van der Waals surface area contributed by atoms with Gasteiger partial charge in [-0.2, -0.15) is 5.26 Å². The first kappa shape index (κ1) is 24.6. The number of amides is 1. The molecule has 0 heterocycles. The summed E-state index contributed by atoms with van der Waals surface area (Å²) in [4.78, 5) is 12.5. The Kier molecular flexibility index (Phi) is 8.48. The van der Waals surface area contributed by atoms with Crippen LogP contribution in [0.2, 0.25) is 0 Å². The normalized spacial score (nSPS) is 11.1. The number of nitrogens with zero attached hydrogens (tertiary/aromatic N) is 1. The van der Waals surface area contributed by atoms with Gasteiger partial charge >= 0.3 is 0 Å². The topological polar surface area (TPSA) is 86.2 Å². The molecule has 3 aromatic rings. The molecule has 0 bridgehead atoms. The Hall–Kier alpha value is -4.03. The van der Waals surface area contributed by atoms with Crippen LogP contribution in [-0.2, 0) is 0 Å². The van der Waals surface area contributed by atoms with E-state index in [1.165, 1.54) is 30.3 Å². The first-order valence-corrected chi connectivity index (χ1v) is 10.8. The monoisotopic (exact) mass is 480 g/mol. The zero-order chi connectivity index (χ0) is 24.5. The van der Waals surface area contributed by atoms with Crippen molar-refractivity contribution >= 4 is 34.6 Å². The zero-order valence-corrected chi connectivity index (χ0v) is 19.1. The second kappa shape index (κ2) is 11.7. The number of thiocarbonyl (C=S) groups is 1. The molecule has 0 saturated heterocycles. The van der Waals surface area contributed by atoms with Crippen LogP contribution in [0.4, 0.5) is 20.2 Å². The first-order chi connectivity index (χ1) is 16.4. The number of hydrogen-bond donors (Lipinski definition) is 3. The quantitative estimate of drug-likeness (QED) is 0.289. The number of nitrogens with one attached hydrogen (secondary N) is 3. The summed E-state index contributed by atoms with van der Waals surface area (Å²) in [6.07, 6.45) is 0.146.